The molecule has 2 aromatic carbocycles. The van der Waals surface area contributed by atoms with Gasteiger partial charge in [0, 0.05) is 36.9 Å². The second-order valence-corrected chi connectivity index (χ2v) is 7.12. The first-order chi connectivity index (χ1) is 13.7. The number of benzene rings is 2. The Morgan fingerprint density at radius 1 is 1.07 bits per heavy atom. The van der Waals surface area contributed by atoms with Crippen molar-refractivity contribution in [3.05, 3.63) is 77.6 Å². The van der Waals surface area contributed by atoms with Crippen molar-refractivity contribution in [1.29, 1.82) is 0 Å². The average Bonchev–Trinajstić information content (AvgIpc) is 3.21. The summed E-state index contributed by atoms with van der Waals surface area (Å²) in [6.45, 7) is 2.42. The molecular weight excluding hydrogens is 421 g/mol. The fourth-order valence-electron chi connectivity index (χ4n) is 3.77. The summed E-state index contributed by atoms with van der Waals surface area (Å²) < 4.78 is 1.88. The van der Waals surface area contributed by atoms with Gasteiger partial charge in [-0.15, -0.1) is 24.8 Å². The summed E-state index contributed by atoms with van der Waals surface area (Å²) in [7, 11) is 0. The predicted octanol–water partition coefficient (Wildman–Crippen LogP) is 3.43. The minimum Gasteiger partial charge on any atom is -0.398 e. The van der Waals surface area contributed by atoms with Gasteiger partial charge in [-0.1, -0.05) is 30.3 Å². The summed E-state index contributed by atoms with van der Waals surface area (Å²) in [5.74, 6) is 0.0177. The van der Waals surface area contributed by atoms with Crippen LogP contribution < -0.4 is 16.0 Å². The highest BCUT2D eigenvalue weighted by Crippen LogP contribution is 2.30. The van der Waals surface area contributed by atoms with Crippen molar-refractivity contribution in [2.24, 2.45) is 0 Å². The molecular formula is C22H27Cl2N5O. The third-order valence-corrected chi connectivity index (χ3v) is 5.20. The molecule has 2 heterocycles. The minimum absolute atomic E-state index is 0. The second-order valence-electron chi connectivity index (χ2n) is 7.12. The Balaban J connectivity index is 0.00000160. The molecule has 1 aliphatic rings. The summed E-state index contributed by atoms with van der Waals surface area (Å²) >= 11 is 0. The molecule has 1 amide bonds. The lowest BCUT2D eigenvalue weighted by atomic mass is 10.00. The maximum Gasteiger partial charge on any atom is 0.239 e. The molecule has 3 N–H and O–H groups in total. The fourth-order valence-corrected chi connectivity index (χ4v) is 3.77. The molecule has 0 aliphatic carbocycles. The first-order valence-electron chi connectivity index (χ1n) is 9.64. The van der Waals surface area contributed by atoms with Crippen molar-refractivity contribution in [1.82, 2.24) is 15.1 Å². The van der Waals surface area contributed by atoms with E-state index in [1.807, 2.05) is 41.2 Å². The lowest BCUT2D eigenvalue weighted by Crippen LogP contribution is -2.39. The zero-order valence-electron chi connectivity index (χ0n) is 16.7. The average molecular weight is 448 g/mol. The molecule has 0 atom stereocenters. The van der Waals surface area contributed by atoms with E-state index in [-0.39, 0.29) is 30.7 Å². The van der Waals surface area contributed by atoms with E-state index in [0.29, 0.717) is 19.6 Å². The standard InChI is InChI=1S/C22H25N5O.2ClH/c23-20-9-3-10-21-19(20)8-4-12-26(21)16-22(28)24-14-17-6-1-2-7-18(17)15-27-13-5-11-25-27;;/h1-3,5-7,9-11,13H,4,8,12,14-16,23H2,(H,24,28);2*1H. The molecule has 6 nitrogen and oxygen atoms in total. The van der Waals surface area contributed by atoms with Gasteiger partial charge in [-0.3, -0.25) is 9.48 Å². The van der Waals surface area contributed by atoms with E-state index in [0.717, 1.165) is 47.5 Å². The van der Waals surface area contributed by atoms with E-state index in [1.165, 1.54) is 0 Å². The smallest absolute Gasteiger partial charge is 0.239 e. The van der Waals surface area contributed by atoms with Crippen LogP contribution in [-0.4, -0.2) is 28.8 Å². The number of carbonyl (C=O) groups excluding carboxylic acids is 1. The predicted molar refractivity (Wildman–Crippen MR) is 126 cm³/mol. The van der Waals surface area contributed by atoms with Crippen LogP contribution in [-0.2, 0) is 24.3 Å². The number of halogens is 2. The van der Waals surface area contributed by atoms with Crippen LogP contribution in [0.3, 0.4) is 0 Å². The Kier molecular flexibility index (Phi) is 8.57. The molecule has 4 rings (SSSR count). The van der Waals surface area contributed by atoms with Gasteiger partial charge in [0.2, 0.25) is 5.91 Å². The monoisotopic (exact) mass is 447 g/mol. The molecule has 0 spiro atoms. The lowest BCUT2D eigenvalue weighted by molar-refractivity contribution is -0.119. The van der Waals surface area contributed by atoms with Crippen LogP contribution in [0, 0.1) is 0 Å². The Morgan fingerprint density at radius 3 is 2.63 bits per heavy atom. The Bertz CT molecular complexity index is 962. The molecule has 0 saturated heterocycles. The zero-order chi connectivity index (χ0) is 19.3. The molecule has 160 valence electrons. The summed E-state index contributed by atoms with van der Waals surface area (Å²) in [6, 6.07) is 16.0. The van der Waals surface area contributed by atoms with Crippen LogP contribution in [0.25, 0.3) is 0 Å². The van der Waals surface area contributed by atoms with Crippen LogP contribution in [0.1, 0.15) is 23.1 Å². The van der Waals surface area contributed by atoms with Crippen LogP contribution in [0.2, 0.25) is 0 Å². The first-order valence-corrected chi connectivity index (χ1v) is 9.64. The SMILES string of the molecule is Cl.Cl.Nc1cccc2c1CCCN2CC(=O)NCc1ccccc1Cn1cccn1. The van der Waals surface area contributed by atoms with Crippen molar-refractivity contribution in [2.45, 2.75) is 25.9 Å². The Hall–Kier alpha value is -2.70. The molecule has 1 aliphatic heterocycles. The molecule has 30 heavy (non-hydrogen) atoms. The number of aromatic nitrogens is 2. The number of hydrogen-bond donors (Lipinski definition) is 2. The number of hydrogen-bond acceptors (Lipinski definition) is 4. The van der Waals surface area contributed by atoms with Crippen LogP contribution >= 0.6 is 24.8 Å². The van der Waals surface area contributed by atoms with Gasteiger partial charge in [-0.25, -0.2) is 0 Å². The highest BCUT2D eigenvalue weighted by atomic mass is 35.5. The van der Waals surface area contributed by atoms with Crippen molar-refractivity contribution in [2.75, 3.05) is 23.7 Å². The number of fused-ring (bicyclic) bond motifs is 1. The Morgan fingerprint density at radius 2 is 1.87 bits per heavy atom. The van der Waals surface area contributed by atoms with Gasteiger partial charge in [-0.05, 0) is 47.7 Å². The molecule has 0 radical (unpaired) electrons. The van der Waals surface area contributed by atoms with Gasteiger partial charge in [0.1, 0.15) is 0 Å². The number of carbonyl (C=O) groups is 1. The van der Waals surface area contributed by atoms with E-state index >= 15 is 0 Å². The van der Waals surface area contributed by atoms with Crippen molar-refractivity contribution >= 4 is 42.1 Å². The fraction of sp³-hybridized carbons (Fsp3) is 0.273. The van der Waals surface area contributed by atoms with Gasteiger partial charge in [0.05, 0.1) is 13.1 Å². The molecule has 0 bridgehead atoms. The topological polar surface area (TPSA) is 76.2 Å². The lowest BCUT2D eigenvalue weighted by Gasteiger charge is -2.31. The maximum absolute atomic E-state index is 12.6. The van der Waals surface area contributed by atoms with Gasteiger partial charge >= 0.3 is 0 Å². The summed E-state index contributed by atoms with van der Waals surface area (Å²) in [4.78, 5) is 14.7. The van der Waals surface area contributed by atoms with E-state index in [9.17, 15) is 4.79 Å². The largest absolute Gasteiger partial charge is 0.398 e. The van der Waals surface area contributed by atoms with E-state index < -0.39 is 0 Å². The van der Waals surface area contributed by atoms with Gasteiger partial charge in [-0.2, -0.15) is 5.10 Å². The van der Waals surface area contributed by atoms with Crippen molar-refractivity contribution in [3.8, 4) is 0 Å². The quantitative estimate of drug-likeness (QED) is 0.567. The normalized spacial score (nSPS) is 12.3. The molecule has 0 saturated carbocycles. The van der Waals surface area contributed by atoms with E-state index in [1.54, 1.807) is 6.20 Å². The molecule has 3 aromatic rings. The third-order valence-electron chi connectivity index (χ3n) is 5.20. The summed E-state index contributed by atoms with van der Waals surface area (Å²) in [6.07, 6.45) is 5.70. The third kappa shape index (κ3) is 5.46. The zero-order valence-corrected chi connectivity index (χ0v) is 18.3. The molecule has 0 unspecified atom stereocenters. The van der Waals surface area contributed by atoms with E-state index in [2.05, 4.69) is 33.5 Å². The van der Waals surface area contributed by atoms with E-state index in [4.69, 9.17) is 5.73 Å². The number of nitrogens with one attached hydrogen (secondary N) is 1. The van der Waals surface area contributed by atoms with Crippen molar-refractivity contribution < 1.29 is 4.79 Å². The van der Waals surface area contributed by atoms with Crippen molar-refractivity contribution in [3.63, 3.8) is 0 Å². The number of nitrogen functional groups attached to an aromatic ring is 1. The Labute approximate surface area is 189 Å². The first kappa shape index (κ1) is 23.6. The number of rotatable bonds is 6. The molecule has 1 aromatic heterocycles. The van der Waals surface area contributed by atoms with Gasteiger partial charge in [0.15, 0.2) is 0 Å². The summed E-state index contributed by atoms with van der Waals surface area (Å²) in [5.41, 5.74) is 11.4. The number of nitrogens with two attached hydrogens (primary N) is 1. The number of amides is 1. The highest BCUT2D eigenvalue weighted by molar-refractivity contribution is 5.85. The summed E-state index contributed by atoms with van der Waals surface area (Å²) in [5, 5.41) is 7.34. The van der Waals surface area contributed by atoms with Crippen LogP contribution in [0.4, 0.5) is 11.4 Å². The van der Waals surface area contributed by atoms with Crippen LogP contribution in [0.15, 0.2) is 60.9 Å². The second kappa shape index (κ2) is 10.9. The van der Waals surface area contributed by atoms with Gasteiger partial charge in [0.25, 0.3) is 0 Å². The number of anilines is 2. The molecule has 0 fully saturated rings. The minimum atomic E-state index is 0. The number of nitrogens with zero attached hydrogens (tertiary/aromatic N) is 3. The highest BCUT2D eigenvalue weighted by Gasteiger charge is 2.20. The van der Waals surface area contributed by atoms with Crippen LogP contribution in [0.5, 0.6) is 0 Å². The van der Waals surface area contributed by atoms with Gasteiger partial charge < -0.3 is 16.0 Å². The maximum atomic E-state index is 12.6. The molecule has 8 heteroatoms.